The largest absolute Gasteiger partial charge is 0.487 e. The summed E-state index contributed by atoms with van der Waals surface area (Å²) in [5.41, 5.74) is 0. The first kappa shape index (κ1) is 7.08. The number of nitrogens with zero attached hydrogens (tertiary/aromatic N) is 1. The molecule has 4 heteroatoms. The van der Waals surface area contributed by atoms with Gasteiger partial charge in [0.2, 0.25) is 0 Å². The van der Waals surface area contributed by atoms with E-state index in [0.29, 0.717) is 12.4 Å². The van der Waals surface area contributed by atoms with Gasteiger partial charge >= 0.3 is 0 Å². The van der Waals surface area contributed by atoms with Crippen LogP contribution in [0.3, 0.4) is 0 Å². The van der Waals surface area contributed by atoms with Crippen LogP contribution in [0.2, 0.25) is 0 Å². The highest BCUT2D eigenvalue weighted by Gasteiger charge is 1.92. The summed E-state index contributed by atoms with van der Waals surface area (Å²) in [5.74, 6) is 0.676. The van der Waals surface area contributed by atoms with E-state index in [0.717, 1.165) is 6.54 Å². The number of hydrogen-bond acceptors (Lipinski definition) is 4. The van der Waals surface area contributed by atoms with E-state index in [-0.39, 0.29) is 0 Å². The van der Waals surface area contributed by atoms with Gasteiger partial charge in [-0.2, -0.15) is 0 Å². The number of aromatic nitrogens is 1. The summed E-state index contributed by atoms with van der Waals surface area (Å²) in [6.45, 7) is 1.46. The molecule has 0 aliphatic rings. The lowest BCUT2D eigenvalue weighted by Gasteiger charge is -1.99. The van der Waals surface area contributed by atoms with Crippen LogP contribution < -0.4 is 10.1 Å². The van der Waals surface area contributed by atoms with Gasteiger partial charge in [0, 0.05) is 6.54 Å². The lowest BCUT2D eigenvalue weighted by Crippen LogP contribution is -2.15. The third-order valence-corrected chi connectivity index (χ3v) is 1.03. The van der Waals surface area contributed by atoms with Crippen LogP contribution in [-0.4, -0.2) is 25.4 Å². The zero-order valence-electron chi connectivity index (χ0n) is 5.83. The molecule has 0 unspecified atom stereocenters. The van der Waals surface area contributed by atoms with Crippen LogP contribution in [0.15, 0.2) is 17.0 Å². The van der Waals surface area contributed by atoms with Crippen molar-refractivity contribution in [1.82, 2.24) is 10.5 Å². The maximum atomic E-state index is 5.17. The maximum absolute atomic E-state index is 5.17. The zero-order chi connectivity index (χ0) is 7.23. The van der Waals surface area contributed by atoms with E-state index in [2.05, 4.69) is 15.0 Å². The second kappa shape index (κ2) is 3.90. The lowest BCUT2D eigenvalue weighted by atomic mass is 10.6. The van der Waals surface area contributed by atoms with E-state index in [1.165, 1.54) is 12.5 Å². The Morgan fingerprint density at radius 1 is 1.80 bits per heavy atom. The Hall–Kier alpha value is -1.03. The highest BCUT2D eigenvalue weighted by molar-refractivity contribution is 5.07. The van der Waals surface area contributed by atoms with Gasteiger partial charge in [-0.3, -0.25) is 0 Å². The van der Waals surface area contributed by atoms with E-state index in [4.69, 9.17) is 4.74 Å². The fourth-order valence-electron chi connectivity index (χ4n) is 0.537. The molecule has 0 atom stereocenters. The van der Waals surface area contributed by atoms with E-state index in [9.17, 15) is 0 Å². The number of nitrogens with one attached hydrogen (secondary N) is 1. The van der Waals surface area contributed by atoms with Crippen molar-refractivity contribution in [2.45, 2.75) is 0 Å². The molecular weight excluding hydrogens is 132 g/mol. The van der Waals surface area contributed by atoms with E-state index < -0.39 is 0 Å². The smallest absolute Gasteiger partial charge is 0.178 e. The van der Waals surface area contributed by atoms with Crippen LogP contribution >= 0.6 is 0 Å². The molecule has 1 heterocycles. The van der Waals surface area contributed by atoms with Crippen molar-refractivity contribution in [2.24, 2.45) is 0 Å². The fraction of sp³-hybridized carbons (Fsp3) is 0.500. The van der Waals surface area contributed by atoms with Gasteiger partial charge in [0.15, 0.2) is 12.0 Å². The predicted molar refractivity (Wildman–Crippen MR) is 35.9 cm³/mol. The standard InChI is InChI=1S/C6H10N2O2/c1-7-2-3-9-6-4-8-10-5-6/h4-5,7H,2-3H2,1H3. The van der Waals surface area contributed by atoms with Crippen LogP contribution in [0.5, 0.6) is 5.75 Å². The van der Waals surface area contributed by atoms with Crippen molar-refractivity contribution in [3.05, 3.63) is 12.5 Å². The third-order valence-electron chi connectivity index (χ3n) is 1.03. The molecule has 0 saturated heterocycles. The second-order valence-corrected chi connectivity index (χ2v) is 1.81. The van der Waals surface area contributed by atoms with Gasteiger partial charge in [-0.15, -0.1) is 0 Å². The van der Waals surface area contributed by atoms with Crippen LogP contribution in [0.1, 0.15) is 0 Å². The van der Waals surface area contributed by atoms with Crippen LogP contribution in [0, 0.1) is 0 Å². The Kier molecular flexibility index (Phi) is 2.76. The average Bonchev–Trinajstić information content (AvgIpc) is 2.41. The van der Waals surface area contributed by atoms with E-state index in [1.807, 2.05) is 7.05 Å². The van der Waals surface area contributed by atoms with Gasteiger partial charge in [-0.1, -0.05) is 5.16 Å². The van der Waals surface area contributed by atoms with Crippen LogP contribution in [-0.2, 0) is 0 Å². The minimum atomic E-state index is 0.637. The van der Waals surface area contributed by atoms with E-state index in [1.54, 1.807) is 0 Å². The summed E-state index contributed by atoms with van der Waals surface area (Å²) in [7, 11) is 1.87. The molecule has 0 spiro atoms. The molecule has 10 heavy (non-hydrogen) atoms. The molecule has 0 aromatic carbocycles. The van der Waals surface area contributed by atoms with Crippen molar-refractivity contribution in [3.63, 3.8) is 0 Å². The Morgan fingerprint density at radius 3 is 3.30 bits per heavy atom. The molecule has 0 fully saturated rings. The molecule has 0 saturated carbocycles. The number of ether oxygens (including phenoxy) is 1. The molecule has 0 radical (unpaired) electrons. The molecule has 0 bridgehead atoms. The molecule has 1 N–H and O–H groups in total. The topological polar surface area (TPSA) is 47.3 Å². The molecular formula is C6H10N2O2. The van der Waals surface area contributed by atoms with E-state index >= 15 is 0 Å². The SMILES string of the molecule is CNCCOc1cnoc1. The molecule has 1 rings (SSSR count). The average molecular weight is 142 g/mol. The predicted octanol–water partition coefficient (Wildman–Crippen LogP) is 0.273. The Morgan fingerprint density at radius 2 is 2.70 bits per heavy atom. The van der Waals surface area contributed by atoms with Crippen molar-refractivity contribution in [3.8, 4) is 5.75 Å². The summed E-state index contributed by atoms with van der Waals surface area (Å²) >= 11 is 0. The zero-order valence-corrected chi connectivity index (χ0v) is 5.83. The van der Waals surface area contributed by atoms with Gasteiger partial charge in [-0.05, 0) is 7.05 Å². The van der Waals surface area contributed by atoms with Gasteiger partial charge in [0.25, 0.3) is 0 Å². The van der Waals surface area contributed by atoms with Crippen molar-refractivity contribution in [2.75, 3.05) is 20.2 Å². The fourth-order valence-corrected chi connectivity index (χ4v) is 0.537. The van der Waals surface area contributed by atoms with Crippen molar-refractivity contribution < 1.29 is 9.26 Å². The molecule has 1 aromatic heterocycles. The van der Waals surface area contributed by atoms with Crippen molar-refractivity contribution in [1.29, 1.82) is 0 Å². The quantitative estimate of drug-likeness (QED) is 0.613. The number of rotatable bonds is 4. The first-order chi connectivity index (χ1) is 4.93. The molecule has 0 amide bonds. The minimum Gasteiger partial charge on any atom is -0.487 e. The summed E-state index contributed by atoms with van der Waals surface area (Å²) in [6, 6.07) is 0. The third kappa shape index (κ3) is 2.06. The molecule has 0 aliphatic carbocycles. The highest BCUT2D eigenvalue weighted by Crippen LogP contribution is 2.05. The first-order valence-electron chi connectivity index (χ1n) is 3.10. The Balaban J connectivity index is 2.15. The maximum Gasteiger partial charge on any atom is 0.178 e. The van der Waals surface area contributed by atoms with Gasteiger partial charge in [-0.25, -0.2) is 0 Å². The summed E-state index contributed by atoms with van der Waals surface area (Å²) in [4.78, 5) is 0. The van der Waals surface area contributed by atoms with Crippen LogP contribution in [0.25, 0.3) is 0 Å². The summed E-state index contributed by atoms with van der Waals surface area (Å²) < 4.78 is 9.72. The van der Waals surface area contributed by atoms with Gasteiger partial charge in [0.1, 0.15) is 12.8 Å². The Bertz CT molecular complexity index is 162. The lowest BCUT2D eigenvalue weighted by molar-refractivity contribution is 0.313. The summed E-state index contributed by atoms with van der Waals surface area (Å²) in [6.07, 6.45) is 3.01. The Labute approximate surface area is 59.2 Å². The summed E-state index contributed by atoms with van der Waals surface area (Å²) in [5, 5.41) is 6.43. The number of hydrogen-bond donors (Lipinski definition) is 1. The molecule has 1 aromatic rings. The van der Waals surface area contributed by atoms with Crippen LogP contribution in [0.4, 0.5) is 0 Å². The normalized spacial score (nSPS) is 9.70. The first-order valence-corrected chi connectivity index (χ1v) is 3.10. The minimum absolute atomic E-state index is 0.637. The molecule has 0 aliphatic heterocycles. The monoisotopic (exact) mass is 142 g/mol. The van der Waals surface area contributed by atoms with Crippen molar-refractivity contribution >= 4 is 0 Å². The van der Waals surface area contributed by atoms with Gasteiger partial charge < -0.3 is 14.6 Å². The van der Waals surface area contributed by atoms with Gasteiger partial charge in [0.05, 0.1) is 0 Å². The molecule has 56 valence electrons. The highest BCUT2D eigenvalue weighted by atomic mass is 16.5. The molecule has 4 nitrogen and oxygen atoms in total. The second-order valence-electron chi connectivity index (χ2n) is 1.81. The number of likely N-dealkylation sites (N-methyl/N-ethyl adjacent to an activating group) is 1.